The SMILES string of the molecule is FC(F)(F)c1c[nH]c(-c2ccc(Cl)s2)n1. The lowest BCUT2D eigenvalue weighted by Gasteiger charge is -1.99. The van der Waals surface area contributed by atoms with Gasteiger partial charge in [-0.25, -0.2) is 4.98 Å². The number of nitrogens with zero attached hydrogens (tertiary/aromatic N) is 1. The first-order chi connectivity index (χ1) is 6.97. The largest absolute Gasteiger partial charge is 0.434 e. The van der Waals surface area contributed by atoms with Crippen LogP contribution >= 0.6 is 22.9 Å². The molecule has 2 aromatic heterocycles. The Balaban J connectivity index is 2.36. The van der Waals surface area contributed by atoms with Crippen LogP contribution < -0.4 is 0 Å². The lowest BCUT2D eigenvalue weighted by Crippen LogP contribution is -2.04. The zero-order valence-corrected chi connectivity index (χ0v) is 8.67. The number of hydrogen-bond donors (Lipinski definition) is 1. The molecule has 0 saturated carbocycles. The summed E-state index contributed by atoms with van der Waals surface area (Å²) in [6.45, 7) is 0. The van der Waals surface area contributed by atoms with Gasteiger partial charge in [0.2, 0.25) is 0 Å². The molecule has 0 saturated heterocycles. The second-order valence-electron chi connectivity index (χ2n) is 2.74. The highest BCUT2D eigenvalue weighted by Crippen LogP contribution is 2.32. The predicted octanol–water partition coefficient (Wildman–Crippen LogP) is 3.81. The molecule has 0 aliphatic carbocycles. The van der Waals surface area contributed by atoms with Gasteiger partial charge in [-0.05, 0) is 12.1 Å². The second-order valence-corrected chi connectivity index (χ2v) is 4.45. The molecule has 0 aliphatic rings. The molecule has 2 rings (SSSR count). The molecule has 0 spiro atoms. The molecule has 0 amide bonds. The Hall–Kier alpha value is -1.01. The monoisotopic (exact) mass is 252 g/mol. The number of rotatable bonds is 1. The van der Waals surface area contributed by atoms with Crippen molar-refractivity contribution >= 4 is 22.9 Å². The summed E-state index contributed by atoms with van der Waals surface area (Å²) in [7, 11) is 0. The smallest absolute Gasteiger partial charge is 0.343 e. The maximum Gasteiger partial charge on any atom is 0.434 e. The molecule has 80 valence electrons. The third-order valence-corrected chi connectivity index (χ3v) is 2.91. The molecule has 2 heterocycles. The normalized spacial score (nSPS) is 12.0. The van der Waals surface area contributed by atoms with Crippen LogP contribution in [0.15, 0.2) is 18.3 Å². The topological polar surface area (TPSA) is 28.7 Å². The first-order valence-corrected chi connectivity index (χ1v) is 5.04. The lowest BCUT2D eigenvalue weighted by molar-refractivity contribution is -0.140. The van der Waals surface area contributed by atoms with Crippen molar-refractivity contribution in [2.24, 2.45) is 0 Å². The van der Waals surface area contributed by atoms with Gasteiger partial charge >= 0.3 is 6.18 Å². The summed E-state index contributed by atoms with van der Waals surface area (Å²) < 4.78 is 37.2. The average molecular weight is 253 g/mol. The Labute approximate surface area is 91.7 Å². The Morgan fingerprint density at radius 1 is 1.33 bits per heavy atom. The molecule has 0 aliphatic heterocycles. The molecule has 0 radical (unpaired) electrons. The molecule has 0 atom stereocenters. The van der Waals surface area contributed by atoms with Crippen LogP contribution in [0.1, 0.15) is 5.69 Å². The van der Waals surface area contributed by atoms with E-state index in [1.54, 1.807) is 12.1 Å². The Bertz CT molecular complexity index is 474. The van der Waals surface area contributed by atoms with E-state index >= 15 is 0 Å². The number of aromatic nitrogens is 2. The van der Waals surface area contributed by atoms with Crippen LogP contribution in [0.3, 0.4) is 0 Å². The fourth-order valence-corrected chi connectivity index (χ4v) is 2.03. The molecule has 0 bridgehead atoms. The summed E-state index contributed by atoms with van der Waals surface area (Å²) >= 11 is 6.83. The minimum Gasteiger partial charge on any atom is -0.343 e. The van der Waals surface area contributed by atoms with Crippen molar-refractivity contribution < 1.29 is 13.2 Å². The minimum atomic E-state index is -4.42. The second kappa shape index (κ2) is 3.53. The van der Waals surface area contributed by atoms with E-state index < -0.39 is 11.9 Å². The number of H-pyrrole nitrogens is 1. The molecule has 1 N–H and O–H groups in total. The van der Waals surface area contributed by atoms with E-state index in [1.165, 1.54) is 11.3 Å². The van der Waals surface area contributed by atoms with Crippen molar-refractivity contribution in [2.75, 3.05) is 0 Å². The van der Waals surface area contributed by atoms with Gasteiger partial charge in [0.25, 0.3) is 0 Å². The number of hydrogen-bond acceptors (Lipinski definition) is 2. The first-order valence-electron chi connectivity index (χ1n) is 3.85. The number of alkyl halides is 3. The van der Waals surface area contributed by atoms with Crippen LogP contribution in [-0.2, 0) is 6.18 Å². The molecule has 2 aromatic rings. The van der Waals surface area contributed by atoms with Crippen LogP contribution in [0.4, 0.5) is 13.2 Å². The van der Waals surface area contributed by atoms with E-state index in [0.29, 0.717) is 9.21 Å². The van der Waals surface area contributed by atoms with Gasteiger partial charge in [0.1, 0.15) is 5.82 Å². The van der Waals surface area contributed by atoms with Crippen molar-refractivity contribution in [1.82, 2.24) is 9.97 Å². The van der Waals surface area contributed by atoms with Crippen molar-refractivity contribution in [2.45, 2.75) is 6.18 Å². The van der Waals surface area contributed by atoms with Gasteiger partial charge in [-0.1, -0.05) is 11.6 Å². The predicted molar refractivity (Wildman–Crippen MR) is 51.9 cm³/mol. The van der Waals surface area contributed by atoms with Crippen LogP contribution in [-0.4, -0.2) is 9.97 Å². The number of halogens is 4. The van der Waals surface area contributed by atoms with Crippen molar-refractivity contribution in [3.05, 3.63) is 28.4 Å². The third-order valence-electron chi connectivity index (χ3n) is 1.67. The summed E-state index contributed by atoms with van der Waals surface area (Å²) in [5.41, 5.74) is -0.929. The quantitative estimate of drug-likeness (QED) is 0.821. The standard InChI is InChI=1S/C8H4ClF3N2S/c9-6-2-1-4(15-6)7-13-3-5(14-7)8(10,11)12/h1-3H,(H,13,14). The van der Waals surface area contributed by atoms with Crippen molar-refractivity contribution in [1.29, 1.82) is 0 Å². The van der Waals surface area contributed by atoms with Gasteiger partial charge in [0, 0.05) is 6.20 Å². The molecular formula is C8H4ClF3N2S. The van der Waals surface area contributed by atoms with Crippen molar-refractivity contribution in [3.63, 3.8) is 0 Å². The first kappa shape index (κ1) is 10.5. The van der Waals surface area contributed by atoms with E-state index in [4.69, 9.17) is 11.6 Å². The highest BCUT2D eigenvalue weighted by atomic mass is 35.5. The fourth-order valence-electron chi connectivity index (χ4n) is 1.03. The van der Waals surface area contributed by atoms with E-state index in [1.807, 2.05) is 0 Å². The minimum absolute atomic E-state index is 0.180. The van der Waals surface area contributed by atoms with Gasteiger partial charge in [0.15, 0.2) is 5.69 Å². The molecule has 15 heavy (non-hydrogen) atoms. The van der Waals surface area contributed by atoms with Gasteiger partial charge in [-0.2, -0.15) is 13.2 Å². The Kier molecular flexibility index (Phi) is 2.47. The van der Waals surface area contributed by atoms with Crippen molar-refractivity contribution in [3.8, 4) is 10.7 Å². The van der Waals surface area contributed by atoms with Crippen LogP contribution in [0.2, 0.25) is 4.34 Å². The van der Waals surface area contributed by atoms with E-state index in [2.05, 4.69) is 9.97 Å². The molecule has 0 fully saturated rings. The number of thiophene rings is 1. The summed E-state index contributed by atoms with van der Waals surface area (Å²) in [6, 6.07) is 3.23. The van der Waals surface area contributed by atoms with Crippen LogP contribution in [0.5, 0.6) is 0 Å². The highest BCUT2D eigenvalue weighted by molar-refractivity contribution is 7.19. The van der Waals surface area contributed by atoms with Gasteiger partial charge in [0.05, 0.1) is 9.21 Å². The van der Waals surface area contributed by atoms with Gasteiger partial charge in [-0.3, -0.25) is 0 Å². The zero-order valence-electron chi connectivity index (χ0n) is 7.10. The molecule has 0 aromatic carbocycles. The molecule has 7 heteroatoms. The fraction of sp³-hybridized carbons (Fsp3) is 0.125. The van der Waals surface area contributed by atoms with Crippen LogP contribution in [0.25, 0.3) is 10.7 Å². The van der Waals surface area contributed by atoms with Gasteiger partial charge < -0.3 is 4.98 Å². The average Bonchev–Trinajstić information content (AvgIpc) is 2.69. The maximum absolute atomic E-state index is 12.2. The van der Waals surface area contributed by atoms with E-state index in [9.17, 15) is 13.2 Å². The zero-order chi connectivity index (χ0) is 11.1. The Morgan fingerprint density at radius 2 is 2.07 bits per heavy atom. The van der Waals surface area contributed by atoms with Gasteiger partial charge in [-0.15, -0.1) is 11.3 Å². The number of imidazole rings is 1. The maximum atomic E-state index is 12.2. The molecule has 0 unspecified atom stereocenters. The number of aromatic amines is 1. The van der Waals surface area contributed by atoms with Crippen LogP contribution in [0, 0.1) is 0 Å². The summed E-state index contributed by atoms with van der Waals surface area (Å²) in [5, 5.41) is 0. The van der Waals surface area contributed by atoms with E-state index in [0.717, 1.165) is 6.20 Å². The summed E-state index contributed by atoms with van der Waals surface area (Å²) in [5.74, 6) is 0.180. The lowest BCUT2D eigenvalue weighted by atomic mass is 10.4. The molecule has 2 nitrogen and oxygen atoms in total. The summed E-state index contributed by atoms with van der Waals surface area (Å²) in [4.78, 5) is 6.48. The Morgan fingerprint density at radius 3 is 2.53 bits per heavy atom. The highest BCUT2D eigenvalue weighted by Gasteiger charge is 2.33. The number of nitrogens with one attached hydrogen (secondary N) is 1. The summed E-state index contributed by atoms with van der Waals surface area (Å²) in [6.07, 6.45) is -3.58. The third kappa shape index (κ3) is 2.15. The van der Waals surface area contributed by atoms with E-state index in [-0.39, 0.29) is 5.82 Å². The molecular weight excluding hydrogens is 249 g/mol.